The smallest absolute Gasteiger partial charge is 0.320 e. The second-order valence-corrected chi connectivity index (χ2v) is 4.73. The summed E-state index contributed by atoms with van der Waals surface area (Å²) in [4.78, 5) is 0. The Morgan fingerprint density at radius 2 is 1.70 bits per heavy atom. The first-order valence-electron chi connectivity index (χ1n) is 6.18. The topological polar surface area (TPSA) is 51.0 Å². The van der Waals surface area contributed by atoms with E-state index in [1.807, 2.05) is 42.5 Å². The summed E-state index contributed by atoms with van der Waals surface area (Å²) in [6.45, 7) is 0. The second kappa shape index (κ2) is 5.75. The molecule has 20 heavy (non-hydrogen) atoms. The van der Waals surface area contributed by atoms with E-state index in [1.165, 1.54) is 0 Å². The van der Waals surface area contributed by atoms with E-state index in [0.29, 0.717) is 23.3 Å². The number of nitrogens with zero attached hydrogens (tertiary/aromatic N) is 2. The minimum Gasteiger partial charge on any atom is -0.408 e. The highest BCUT2D eigenvalue weighted by atomic mass is 35.5. The third-order valence-electron chi connectivity index (χ3n) is 2.76. The van der Waals surface area contributed by atoms with Gasteiger partial charge < -0.3 is 9.73 Å². The SMILES string of the molecule is Clc1ccc(Nc2nnc(Cc3ccccc3)o2)cc1. The minimum absolute atomic E-state index is 0.373. The van der Waals surface area contributed by atoms with Crippen molar-refractivity contribution in [3.05, 3.63) is 71.1 Å². The van der Waals surface area contributed by atoms with Crippen LogP contribution >= 0.6 is 11.6 Å². The molecule has 0 atom stereocenters. The summed E-state index contributed by atoms with van der Waals surface area (Å²) in [5, 5.41) is 11.7. The lowest BCUT2D eigenvalue weighted by molar-refractivity contribution is 0.521. The molecule has 2 aromatic carbocycles. The van der Waals surface area contributed by atoms with Crippen LogP contribution in [0.4, 0.5) is 11.7 Å². The summed E-state index contributed by atoms with van der Waals surface area (Å²) >= 11 is 5.83. The fourth-order valence-electron chi connectivity index (χ4n) is 1.80. The van der Waals surface area contributed by atoms with Crippen molar-refractivity contribution in [3.8, 4) is 0 Å². The Hall–Kier alpha value is -2.33. The van der Waals surface area contributed by atoms with Crippen LogP contribution in [-0.4, -0.2) is 10.2 Å². The molecule has 3 aromatic rings. The van der Waals surface area contributed by atoms with E-state index in [0.717, 1.165) is 11.3 Å². The Morgan fingerprint density at radius 3 is 2.45 bits per heavy atom. The number of aromatic nitrogens is 2. The van der Waals surface area contributed by atoms with E-state index >= 15 is 0 Å². The van der Waals surface area contributed by atoms with Crippen molar-refractivity contribution in [1.29, 1.82) is 0 Å². The van der Waals surface area contributed by atoms with Gasteiger partial charge in [0.2, 0.25) is 5.89 Å². The molecule has 0 aliphatic carbocycles. The van der Waals surface area contributed by atoms with Gasteiger partial charge in [0.05, 0.1) is 6.42 Å². The molecule has 0 saturated carbocycles. The summed E-state index contributed by atoms with van der Waals surface area (Å²) in [6, 6.07) is 17.7. The van der Waals surface area contributed by atoms with Gasteiger partial charge in [-0.2, -0.15) is 0 Å². The standard InChI is InChI=1S/C15H12ClN3O/c16-12-6-8-13(9-7-12)17-15-19-18-14(20-15)10-11-4-2-1-3-5-11/h1-9H,10H2,(H,17,19). The van der Waals surface area contributed by atoms with Gasteiger partial charge in [-0.05, 0) is 29.8 Å². The highest BCUT2D eigenvalue weighted by molar-refractivity contribution is 6.30. The number of anilines is 2. The van der Waals surface area contributed by atoms with Crippen LogP contribution in [0.5, 0.6) is 0 Å². The summed E-state index contributed by atoms with van der Waals surface area (Å²) in [5.41, 5.74) is 1.98. The van der Waals surface area contributed by atoms with Crippen molar-refractivity contribution in [1.82, 2.24) is 10.2 Å². The third kappa shape index (κ3) is 3.16. The molecule has 0 fully saturated rings. The molecule has 0 bridgehead atoms. The first-order chi connectivity index (χ1) is 9.79. The molecule has 3 rings (SSSR count). The largest absolute Gasteiger partial charge is 0.408 e. The number of halogens is 1. The van der Waals surface area contributed by atoms with Gasteiger partial charge in [0.25, 0.3) is 0 Å². The quantitative estimate of drug-likeness (QED) is 0.785. The van der Waals surface area contributed by atoms with Gasteiger partial charge in [-0.3, -0.25) is 0 Å². The predicted octanol–water partition coefficient (Wildman–Crippen LogP) is 4.06. The number of rotatable bonds is 4. The van der Waals surface area contributed by atoms with Crippen LogP contribution in [0.3, 0.4) is 0 Å². The molecule has 0 saturated heterocycles. The van der Waals surface area contributed by atoms with E-state index in [9.17, 15) is 0 Å². The average molecular weight is 286 g/mol. The van der Waals surface area contributed by atoms with Gasteiger partial charge in [-0.15, -0.1) is 5.10 Å². The third-order valence-corrected chi connectivity index (χ3v) is 3.01. The van der Waals surface area contributed by atoms with Crippen molar-refractivity contribution in [3.63, 3.8) is 0 Å². The fraction of sp³-hybridized carbons (Fsp3) is 0.0667. The van der Waals surface area contributed by atoms with Gasteiger partial charge >= 0.3 is 6.01 Å². The Kier molecular flexibility index (Phi) is 3.65. The predicted molar refractivity (Wildman–Crippen MR) is 78.3 cm³/mol. The van der Waals surface area contributed by atoms with Crippen LogP contribution in [0.15, 0.2) is 59.0 Å². The van der Waals surface area contributed by atoms with Gasteiger partial charge in [-0.1, -0.05) is 47.0 Å². The van der Waals surface area contributed by atoms with Crippen LogP contribution in [0.1, 0.15) is 11.5 Å². The maximum absolute atomic E-state index is 5.83. The average Bonchev–Trinajstić information content (AvgIpc) is 2.90. The maximum atomic E-state index is 5.83. The maximum Gasteiger partial charge on any atom is 0.320 e. The zero-order valence-corrected chi connectivity index (χ0v) is 11.3. The number of hydrogen-bond donors (Lipinski definition) is 1. The Balaban J connectivity index is 1.69. The second-order valence-electron chi connectivity index (χ2n) is 4.30. The molecular weight excluding hydrogens is 274 g/mol. The van der Waals surface area contributed by atoms with Crippen molar-refractivity contribution in [2.45, 2.75) is 6.42 Å². The molecule has 0 unspecified atom stereocenters. The van der Waals surface area contributed by atoms with Crippen LogP contribution in [-0.2, 0) is 6.42 Å². The zero-order valence-electron chi connectivity index (χ0n) is 10.6. The lowest BCUT2D eigenvalue weighted by Crippen LogP contribution is -1.89. The molecule has 1 heterocycles. The first-order valence-corrected chi connectivity index (χ1v) is 6.56. The zero-order chi connectivity index (χ0) is 13.8. The Morgan fingerprint density at radius 1 is 0.950 bits per heavy atom. The summed E-state index contributed by atoms with van der Waals surface area (Å²) in [5.74, 6) is 0.577. The molecule has 0 spiro atoms. The number of nitrogens with one attached hydrogen (secondary N) is 1. The van der Waals surface area contributed by atoms with Crippen molar-refractivity contribution in [2.24, 2.45) is 0 Å². The van der Waals surface area contributed by atoms with Crippen LogP contribution in [0.25, 0.3) is 0 Å². The molecule has 5 heteroatoms. The Bertz CT molecular complexity index is 680. The highest BCUT2D eigenvalue weighted by Crippen LogP contribution is 2.18. The van der Waals surface area contributed by atoms with E-state index < -0.39 is 0 Å². The number of benzene rings is 2. The van der Waals surface area contributed by atoms with Crippen LogP contribution in [0.2, 0.25) is 5.02 Å². The van der Waals surface area contributed by atoms with Gasteiger partial charge in [0.1, 0.15) is 0 Å². The van der Waals surface area contributed by atoms with Gasteiger partial charge in [0, 0.05) is 10.7 Å². The molecule has 1 N–H and O–H groups in total. The fourth-order valence-corrected chi connectivity index (χ4v) is 1.93. The highest BCUT2D eigenvalue weighted by Gasteiger charge is 2.07. The lowest BCUT2D eigenvalue weighted by atomic mass is 10.2. The Labute approximate surface area is 121 Å². The minimum atomic E-state index is 0.373. The number of hydrogen-bond acceptors (Lipinski definition) is 4. The normalized spacial score (nSPS) is 10.4. The van der Waals surface area contributed by atoms with Crippen molar-refractivity contribution >= 4 is 23.3 Å². The van der Waals surface area contributed by atoms with E-state index in [2.05, 4.69) is 15.5 Å². The molecule has 0 aliphatic rings. The molecule has 0 aliphatic heterocycles. The molecule has 100 valence electrons. The summed E-state index contributed by atoms with van der Waals surface area (Å²) in [7, 11) is 0. The lowest BCUT2D eigenvalue weighted by Gasteiger charge is -2.00. The van der Waals surface area contributed by atoms with Crippen LogP contribution in [0, 0.1) is 0 Å². The van der Waals surface area contributed by atoms with Crippen molar-refractivity contribution < 1.29 is 4.42 Å². The molecule has 0 radical (unpaired) electrons. The monoisotopic (exact) mass is 285 g/mol. The van der Waals surface area contributed by atoms with Gasteiger partial charge in [0.15, 0.2) is 0 Å². The van der Waals surface area contributed by atoms with Crippen LogP contribution < -0.4 is 5.32 Å². The van der Waals surface area contributed by atoms with Gasteiger partial charge in [-0.25, -0.2) is 0 Å². The molecule has 4 nitrogen and oxygen atoms in total. The van der Waals surface area contributed by atoms with Crippen molar-refractivity contribution in [2.75, 3.05) is 5.32 Å². The summed E-state index contributed by atoms with van der Waals surface area (Å²) < 4.78 is 5.56. The summed E-state index contributed by atoms with van der Waals surface area (Å²) in [6.07, 6.45) is 0.621. The molecular formula is C15H12ClN3O. The van der Waals surface area contributed by atoms with E-state index in [4.69, 9.17) is 16.0 Å². The first kappa shape index (κ1) is 12.7. The molecule has 0 amide bonds. The molecule has 1 aromatic heterocycles. The van der Waals surface area contributed by atoms with E-state index in [1.54, 1.807) is 12.1 Å². The van der Waals surface area contributed by atoms with E-state index in [-0.39, 0.29) is 0 Å².